The van der Waals surface area contributed by atoms with Crippen LogP contribution in [0, 0.1) is 0 Å². The number of piperazine rings is 1. The number of nitrogens with one attached hydrogen (secondary N) is 2. The van der Waals surface area contributed by atoms with Gasteiger partial charge in [-0.15, -0.1) is 0 Å². The van der Waals surface area contributed by atoms with Crippen molar-refractivity contribution >= 4 is 52.0 Å². The molecule has 1 fully saturated rings. The van der Waals surface area contributed by atoms with Crippen LogP contribution in [-0.4, -0.2) is 77.4 Å². The maximum atomic E-state index is 10.2. The van der Waals surface area contributed by atoms with Gasteiger partial charge in [0.2, 0.25) is 5.95 Å². The number of aromatic hydroxyl groups is 1. The van der Waals surface area contributed by atoms with Crippen LogP contribution >= 0.6 is 23.2 Å². The molecule has 11 nitrogen and oxygen atoms in total. The zero-order chi connectivity index (χ0) is 28.2. The maximum absolute atomic E-state index is 10.2. The van der Waals surface area contributed by atoms with Crippen LogP contribution in [0.15, 0.2) is 48.9 Å². The molecule has 2 aromatic carbocycles. The first-order chi connectivity index (χ1) is 19.4. The Labute approximate surface area is 241 Å². The van der Waals surface area contributed by atoms with Crippen molar-refractivity contribution < 1.29 is 14.6 Å². The lowest BCUT2D eigenvalue weighted by molar-refractivity contribution is 0.312. The fraction of sp³-hybridized carbons (Fsp3) is 0.259. The van der Waals surface area contributed by atoms with E-state index < -0.39 is 0 Å². The van der Waals surface area contributed by atoms with Gasteiger partial charge in [-0.2, -0.15) is 4.98 Å². The average molecular weight is 583 g/mol. The van der Waals surface area contributed by atoms with Gasteiger partial charge < -0.3 is 35.0 Å². The number of likely N-dealkylation sites (N-methyl/N-ethyl adjacent to an activating group) is 1. The highest BCUT2D eigenvalue weighted by Gasteiger charge is 2.20. The molecule has 0 spiro atoms. The van der Waals surface area contributed by atoms with Crippen LogP contribution in [0.2, 0.25) is 10.0 Å². The Morgan fingerprint density at radius 3 is 2.42 bits per heavy atom. The molecule has 2 aromatic heterocycles. The Balaban J connectivity index is 1.42. The summed E-state index contributed by atoms with van der Waals surface area (Å²) in [5, 5.41) is 16.8. The average Bonchev–Trinajstić information content (AvgIpc) is 2.98. The van der Waals surface area contributed by atoms with Gasteiger partial charge in [-0.05, 0) is 31.3 Å². The van der Waals surface area contributed by atoms with Crippen molar-refractivity contribution in [3.05, 3.63) is 59.0 Å². The van der Waals surface area contributed by atoms with Crippen molar-refractivity contribution in [2.75, 3.05) is 63.0 Å². The molecular formula is C27H28Cl2N8O3. The molecule has 1 aliphatic heterocycles. The maximum Gasteiger partial charge on any atom is 0.230 e. The summed E-state index contributed by atoms with van der Waals surface area (Å²) < 4.78 is 10.9. The molecule has 5 rings (SSSR count). The van der Waals surface area contributed by atoms with Gasteiger partial charge in [0.05, 0.1) is 31.2 Å². The second-order valence-electron chi connectivity index (χ2n) is 9.06. The smallest absolute Gasteiger partial charge is 0.230 e. The van der Waals surface area contributed by atoms with Gasteiger partial charge in [-0.25, -0.2) is 15.0 Å². The van der Waals surface area contributed by atoms with Gasteiger partial charge >= 0.3 is 0 Å². The lowest BCUT2D eigenvalue weighted by Gasteiger charge is -2.34. The van der Waals surface area contributed by atoms with E-state index in [-0.39, 0.29) is 27.2 Å². The van der Waals surface area contributed by atoms with Crippen molar-refractivity contribution in [3.8, 4) is 28.6 Å². The number of hydrogen-bond donors (Lipinski definition) is 3. The fourth-order valence-corrected chi connectivity index (χ4v) is 4.83. The van der Waals surface area contributed by atoms with E-state index >= 15 is 0 Å². The Hall–Kier alpha value is -4.06. The summed E-state index contributed by atoms with van der Waals surface area (Å²) in [6.07, 6.45) is 3.00. The number of anilines is 5. The predicted octanol–water partition coefficient (Wildman–Crippen LogP) is 5.20. The van der Waals surface area contributed by atoms with Crippen molar-refractivity contribution in [3.63, 3.8) is 0 Å². The first-order valence-electron chi connectivity index (χ1n) is 12.4. The standard InChI is InChI=1S/C27H28Cl2N8O3/c1-36-9-11-37(12-10-36)16-6-7-18(20(13-16)39-2)33-27-32-15-31-26(35-27)17-5-4-8-30-25(17)34-24-22(28)19(38)14-21(40-3)23(24)29/h4-8,13-15,38H,9-12H2,1-3H3,(H,30,34)(H,31,32,33,35). The highest BCUT2D eigenvalue weighted by atomic mass is 35.5. The van der Waals surface area contributed by atoms with Gasteiger partial charge in [0.25, 0.3) is 0 Å². The number of ether oxygens (including phenoxy) is 2. The normalized spacial score (nSPS) is 13.7. The highest BCUT2D eigenvalue weighted by Crippen LogP contribution is 2.45. The number of hydrogen-bond acceptors (Lipinski definition) is 11. The third-order valence-electron chi connectivity index (χ3n) is 6.53. The molecule has 0 amide bonds. The van der Waals surface area contributed by atoms with Crippen molar-refractivity contribution in [1.82, 2.24) is 24.8 Å². The first kappa shape index (κ1) is 27.5. The van der Waals surface area contributed by atoms with Crippen molar-refractivity contribution in [2.24, 2.45) is 0 Å². The summed E-state index contributed by atoms with van der Waals surface area (Å²) >= 11 is 12.8. The summed E-state index contributed by atoms with van der Waals surface area (Å²) in [6.45, 7) is 3.93. The van der Waals surface area contributed by atoms with Crippen LogP contribution in [0.3, 0.4) is 0 Å². The summed E-state index contributed by atoms with van der Waals surface area (Å²) in [5.74, 6) is 1.76. The molecule has 0 bridgehead atoms. The van der Waals surface area contributed by atoms with E-state index in [1.165, 1.54) is 19.5 Å². The first-order valence-corrected chi connectivity index (χ1v) is 13.2. The van der Waals surface area contributed by atoms with Gasteiger partial charge in [-0.3, -0.25) is 0 Å². The van der Waals surface area contributed by atoms with Crippen LogP contribution in [-0.2, 0) is 0 Å². The number of phenolic OH excluding ortho intramolecular Hbond substituents is 1. The molecule has 1 saturated heterocycles. The van der Waals surface area contributed by atoms with Crippen molar-refractivity contribution in [2.45, 2.75) is 0 Å². The third kappa shape index (κ3) is 5.76. The summed E-state index contributed by atoms with van der Waals surface area (Å²) in [7, 11) is 5.21. The lowest BCUT2D eigenvalue weighted by Crippen LogP contribution is -2.44. The van der Waals surface area contributed by atoms with Crippen LogP contribution in [0.4, 0.5) is 28.8 Å². The summed E-state index contributed by atoms with van der Waals surface area (Å²) in [6, 6.07) is 10.9. The number of benzene rings is 2. The number of pyridine rings is 1. The number of methoxy groups -OCH3 is 2. The molecule has 4 aromatic rings. The molecule has 0 unspecified atom stereocenters. The Morgan fingerprint density at radius 1 is 0.900 bits per heavy atom. The largest absolute Gasteiger partial charge is 0.506 e. The van der Waals surface area contributed by atoms with Crippen molar-refractivity contribution in [1.29, 1.82) is 0 Å². The molecular weight excluding hydrogens is 555 g/mol. The van der Waals surface area contributed by atoms with Crippen LogP contribution in [0.1, 0.15) is 0 Å². The fourth-order valence-electron chi connectivity index (χ4n) is 4.31. The Bertz CT molecular complexity index is 1520. The molecule has 3 N–H and O–H groups in total. The van der Waals surface area contributed by atoms with E-state index in [0.717, 1.165) is 31.9 Å². The number of aromatic nitrogens is 4. The molecule has 1 aliphatic rings. The summed E-state index contributed by atoms with van der Waals surface area (Å²) in [5.41, 5.74) is 2.60. The molecule has 0 radical (unpaired) electrons. The number of nitrogens with zero attached hydrogens (tertiary/aromatic N) is 6. The number of phenols is 1. The molecule has 0 atom stereocenters. The van der Waals surface area contributed by atoms with Gasteiger partial charge in [0.15, 0.2) is 5.82 Å². The van der Waals surface area contributed by atoms with E-state index in [1.807, 2.05) is 12.1 Å². The van der Waals surface area contributed by atoms with Crippen LogP contribution in [0.25, 0.3) is 11.4 Å². The zero-order valence-electron chi connectivity index (χ0n) is 22.2. The van der Waals surface area contributed by atoms with Crippen LogP contribution in [0.5, 0.6) is 17.2 Å². The van der Waals surface area contributed by atoms with E-state index in [2.05, 4.69) is 53.5 Å². The van der Waals surface area contributed by atoms with E-state index in [0.29, 0.717) is 34.6 Å². The molecule has 40 heavy (non-hydrogen) atoms. The van der Waals surface area contributed by atoms with Crippen LogP contribution < -0.4 is 25.0 Å². The Kier molecular flexibility index (Phi) is 8.24. The SMILES string of the molecule is COc1cc(N2CCN(C)CC2)ccc1Nc1ncnc(-c2cccnc2Nc2c(Cl)c(O)cc(OC)c2Cl)n1. The summed E-state index contributed by atoms with van der Waals surface area (Å²) in [4.78, 5) is 22.3. The quantitative estimate of drug-likeness (QED) is 0.254. The number of rotatable bonds is 8. The minimum absolute atomic E-state index is 0.0209. The minimum Gasteiger partial charge on any atom is -0.506 e. The van der Waals surface area contributed by atoms with E-state index in [9.17, 15) is 5.11 Å². The lowest BCUT2D eigenvalue weighted by atomic mass is 10.2. The van der Waals surface area contributed by atoms with E-state index in [4.69, 9.17) is 32.7 Å². The molecule has 208 valence electrons. The predicted molar refractivity (Wildman–Crippen MR) is 157 cm³/mol. The molecule has 13 heteroatoms. The second kappa shape index (κ2) is 12.0. The molecule has 0 saturated carbocycles. The topological polar surface area (TPSA) is 121 Å². The monoisotopic (exact) mass is 582 g/mol. The third-order valence-corrected chi connectivity index (χ3v) is 7.29. The molecule has 3 heterocycles. The molecule has 0 aliphatic carbocycles. The van der Waals surface area contributed by atoms with Gasteiger partial charge in [0.1, 0.15) is 39.4 Å². The van der Waals surface area contributed by atoms with Gasteiger partial charge in [0, 0.05) is 50.2 Å². The van der Waals surface area contributed by atoms with E-state index in [1.54, 1.807) is 25.4 Å². The number of halogens is 2. The highest BCUT2D eigenvalue weighted by molar-refractivity contribution is 6.41. The Morgan fingerprint density at radius 2 is 1.68 bits per heavy atom. The second-order valence-corrected chi connectivity index (χ2v) is 9.81. The zero-order valence-corrected chi connectivity index (χ0v) is 23.7. The van der Waals surface area contributed by atoms with Gasteiger partial charge in [-0.1, -0.05) is 23.2 Å². The minimum atomic E-state index is -0.192.